The summed E-state index contributed by atoms with van der Waals surface area (Å²) in [6.07, 6.45) is 2.10. The van der Waals surface area contributed by atoms with Crippen LogP contribution in [0.25, 0.3) is 0 Å². The van der Waals surface area contributed by atoms with E-state index in [1.807, 2.05) is 18.7 Å². The second kappa shape index (κ2) is 7.69. The molecule has 4 nitrogen and oxygen atoms in total. The van der Waals surface area contributed by atoms with Crippen LogP contribution in [0.15, 0.2) is 0 Å². The van der Waals surface area contributed by atoms with Crippen molar-refractivity contribution in [2.24, 2.45) is 7.05 Å². The van der Waals surface area contributed by atoms with E-state index in [1.54, 1.807) is 0 Å². The van der Waals surface area contributed by atoms with Gasteiger partial charge in [-0.25, -0.2) is 0 Å². The molecule has 1 aromatic rings. The molecule has 17 heavy (non-hydrogen) atoms. The number of aromatic nitrogens is 2. The number of rotatable bonds is 8. The maximum atomic E-state index is 6.15. The van der Waals surface area contributed by atoms with Crippen LogP contribution in [0.4, 0.5) is 0 Å². The normalized spacial score (nSPS) is 11.1. The minimum atomic E-state index is 0.754. The monoisotopic (exact) mass is 259 g/mol. The molecule has 1 N–H and O–H groups in total. The molecule has 0 aromatic carbocycles. The van der Waals surface area contributed by atoms with Gasteiger partial charge in [0.15, 0.2) is 0 Å². The van der Waals surface area contributed by atoms with Crippen LogP contribution in [-0.4, -0.2) is 29.5 Å². The standard InChI is InChI=1S/C12H22ClN3O/c1-4-7-17-8-5-6-14-9-11-12(13)10(2)15-16(11)3/h14H,4-9H2,1-3H3. The zero-order valence-corrected chi connectivity index (χ0v) is 11.7. The second-order valence-electron chi connectivity index (χ2n) is 4.11. The van der Waals surface area contributed by atoms with E-state index in [1.165, 1.54) is 0 Å². The van der Waals surface area contributed by atoms with Crippen LogP contribution >= 0.6 is 11.6 Å². The summed E-state index contributed by atoms with van der Waals surface area (Å²) in [6, 6.07) is 0. The van der Waals surface area contributed by atoms with Crippen molar-refractivity contribution in [3.8, 4) is 0 Å². The highest BCUT2D eigenvalue weighted by atomic mass is 35.5. The Kier molecular flexibility index (Phi) is 6.55. The van der Waals surface area contributed by atoms with Gasteiger partial charge in [-0.1, -0.05) is 18.5 Å². The van der Waals surface area contributed by atoms with E-state index < -0.39 is 0 Å². The predicted molar refractivity (Wildman–Crippen MR) is 70.4 cm³/mol. The van der Waals surface area contributed by atoms with Crippen molar-refractivity contribution in [3.63, 3.8) is 0 Å². The van der Waals surface area contributed by atoms with E-state index >= 15 is 0 Å². The second-order valence-corrected chi connectivity index (χ2v) is 4.49. The maximum Gasteiger partial charge on any atom is 0.0860 e. The van der Waals surface area contributed by atoms with Crippen LogP contribution in [0.5, 0.6) is 0 Å². The van der Waals surface area contributed by atoms with Crippen molar-refractivity contribution in [2.75, 3.05) is 19.8 Å². The number of ether oxygens (including phenoxy) is 1. The fourth-order valence-electron chi connectivity index (χ4n) is 1.62. The van der Waals surface area contributed by atoms with E-state index in [0.29, 0.717) is 0 Å². The van der Waals surface area contributed by atoms with Crippen LogP contribution < -0.4 is 5.32 Å². The van der Waals surface area contributed by atoms with Crippen molar-refractivity contribution >= 4 is 11.6 Å². The number of nitrogens with zero attached hydrogens (tertiary/aromatic N) is 2. The largest absolute Gasteiger partial charge is 0.381 e. The molecule has 0 aliphatic heterocycles. The van der Waals surface area contributed by atoms with Gasteiger partial charge < -0.3 is 10.1 Å². The lowest BCUT2D eigenvalue weighted by atomic mass is 10.3. The summed E-state index contributed by atoms with van der Waals surface area (Å²) in [4.78, 5) is 0. The molecular weight excluding hydrogens is 238 g/mol. The number of hydrogen-bond donors (Lipinski definition) is 1. The molecule has 0 atom stereocenters. The molecule has 5 heteroatoms. The predicted octanol–water partition coefficient (Wildman–Crippen LogP) is 2.29. The highest BCUT2D eigenvalue weighted by molar-refractivity contribution is 6.31. The lowest BCUT2D eigenvalue weighted by molar-refractivity contribution is 0.132. The van der Waals surface area contributed by atoms with Crippen molar-refractivity contribution < 1.29 is 4.74 Å². The van der Waals surface area contributed by atoms with Gasteiger partial charge >= 0.3 is 0 Å². The molecule has 0 bridgehead atoms. The summed E-state index contributed by atoms with van der Waals surface area (Å²) < 4.78 is 7.23. The first-order chi connectivity index (χ1) is 8.16. The van der Waals surface area contributed by atoms with E-state index in [4.69, 9.17) is 16.3 Å². The summed E-state index contributed by atoms with van der Waals surface area (Å²) >= 11 is 6.15. The van der Waals surface area contributed by atoms with E-state index in [0.717, 1.165) is 55.6 Å². The van der Waals surface area contributed by atoms with Crippen LogP contribution in [0.2, 0.25) is 5.02 Å². The third-order valence-corrected chi connectivity index (χ3v) is 3.04. The minimum Gasteiger partial charge on any atom is -0.381 e. The molecule has 1 heterocycles. The Balaban J connectivity index is 2.18. The molecule has 0 radical (unpaired) electrons. The fraction of sp³-hybridized carbons (Fsp3) is 0.750. The quantitative estimate of drug-likeness (QED) is 0.728. The zero-order chi connectivity index (χ0) is 12.7. The molecule has 0 saturated carbocycles. The average Bonchev–Trinajstić information content (AvgIpc) is 2.54. The lowest BCUT2D eigenvalue weighted by Crippen LogP contribution is -2.18. The van der Waals surface area contributed by atoms with Gasteiger partial charge in [0.25, 0.3) is 0 Å². The first-order valence-electron chi connectivity index (χ1n) is 6.13. The van der Waals surface area contributed by atoms with E-state index in [9.17, 15) is 0 Å². The van der Waals surface area contributed by atoms with E-state index in [-0.39, 0.29) is 0 Å². The highest BCUT2D eigenvalue weighted by Gasteiger charge is 2.09. The number of aryl methyl sites for hydroxylation is 2. The van der Waals surface area contributed by atoms with Crippen LogP contribution in [0.3, 0.4) is 0 Å². The van der Waals surface area contributed by atoms with Crippen LogP contribution in [0.1, 0.15) is 31.2 Å². The molecule has 98 valence electrons. The van der Waals surface area contributed by atoms with Crippen molar-refractivity contribution in [2.45, 2.75) is 33.2 Å². The molecular formula is C12H22ClN3O. The van der Waals surface area contributed by atoms with Gasteiger partial charge in [-0.3, -0.25) is 4.68 Å². The molecule has 1 aromatic heterocycles. The fourth-order valence-corrected chi connectivity index (χ4v) is 1.85. The third-order valence-electron chi connectivity index (χ3n) is 2.54. The Morgan fingerprint density at radius 2 is 2.18 bits per heavy atom. The maximum absolute atomic E-state index is 6.15. The zero-order valence-electron chi connectivity index (χ0n) is 10.9. The molecule has 0 spiro atoms. The summed E-state index contributed by atoms with van der Waals surface area (Å²) in [7, 11) is 1.92. The Labute approximate surface area is 108 Å². The smallest absolute Gasteiger partial charge is 0.0860 e. The van der Waals surface area contributed by atoms with Gasteiger partial charge in [0.2, 0.25) is 0 Å². The SMILES string of the molecule is CCCOCCCNCc1c(Cl)c(C)nn1C. The number of hydrogen-bond acceptors (Lipinski definition) is 3. The highest BCUT2D eigenvalue weighted by Crippen LogP contribution is 2.18. The van der Waals surface area contributed by atoms with Crippen LogP contribution in [0, 0.1) is 6.92 Å². The number of halogens is 1. The van der Waals surface area contributed by atoms with E-state index in [2.05, 4.69) is 17.3 Å². The Morgan fingerprint density at radius 3 is 2.76 bits per heavy atom. The first-order valence-corrected chi connectivity index (χ1v) is 6.51. The van der Waals surface area contributed by atoms with Gasteiger partial charge in [0.1, 0.15) is 0 Å². The van der Waals surface area contributed by atoms with Crippen molar-refractivity contribution in [1.82, 2.24) is 15.1 Å². The van der Waals surface area contributed by atoms with Gasteiger partial charge in [-0.15, -0.1) is 0 Å². The molecule has 0 aliphatic rings. The molecule has 0 amide bonds. The van der Waals surface area contributed by atoms with Crippen LogP contribution in [-0.2, 0) is 18.3 Å². The van der Waals surface area contributed by atoms with Crippen molar-refractivity contribution in [1.29, 1.82) is 0 Å². The molecule has 1 rings (SSSR count). The average molecular weight is 260 g/mol. The molecule has 0 aliphatic carbocycles. The Hall–Kier alpha value is -0.580. The molecule has 0 saturated heterocycles. The Bertz CT molecular complexity index is 339. The van der Waals surface area contributed by atoms with Gasteiger partial charge in [-0.2, -0.15) is 5.10 Å². The van der Waals surface area contributed by atoms with Crippen molar-refractivity contribution in [3.05, 3.63) is 16.4 Å². The summed E-state index contributed by atoms with van der Waals surface area (Å²) in [5.41, 5.74) is 1.93. The van der Waals surface area contributed by atoms with Gasteiger partial charge in [0, 0.05) is 26.8 Å². The summed E-state index contributed by atoms with van der Waals surface area (Å²) in [5, 5.41) is 8.38. The third kappa shape index (κ3) is 4.66. The lowest BCUT2D eigenvalue weighted by Gasteiger charge is -2.06. The van der Waals surface area contributed by atoms with Gasteiger partial charge in [0.05, 0.1) is 16.4 Å². The minimum absolute atomic E-state index is 0.754. The number of nitrogens with one attached hydrogen (secondary N) is 1. The summed E-state index contributed by atoms with van der Waals surface area (Å²) in [6.45, 7) is 7.40. The molecule has 0 fully saturated rings. The first kappa shape index (κ1) is 14.5. The topological polar surface area (TPSA) is 39.1 Å². The Morgan fingerprint density at radius 1 is 1.41 bits per heavy atom. The summed E-state index contributed by atoms with van der Waals surface area (Å²) in [5.74, 6) is 0. The van der Waals surface area contributed by atoms with Gasteiger partial charge in [-0.05, 0) is 26.3 Å². The molecule has 0 unspecified atom stereocenters.